The zero-order valence-corrected chi connectivity index (χ0v) is 19.8. The Morgan fingerprint density at radius 3 is 1.24 bits per heavy atom. The first-order chi connectivity index (χ1) is 13.6. The third-order valence-corrected chi connectivity index (χ3v) is 7.55. The lowest BCUT2D eigenvalue weighted by Gasteiger charge is -2.30. The molecule has 0 aliphatic rings. The Labute approximate surface area is 179 Å². The van der Waals surface area contributed by atoms with Crippen LogP contribution in [-0.2, 0) is 12.8 Å². The summed E-state index contributed by atoms with van der Waals surface area (Å²) in [4.78, 5) is 0. The molecule has 0 N–H and O–H groups in total. The van der Waals surface area contributed by atoms with Gasteiger partial charge in [-0.1, -0.05) is 120 Å². The summed E-state index contributed by atoms with van der Waals surface area (Å²) in [6.45, 7) is 14.1. The quantitative estimate of drug-likeness (QED) is 0.421. The van der Waals surface area contributed by atoms with Gasteiger partial charge in [0.05, 0.1) is 0 Å². The van der Waals surface area contributed by atoms with Crippen molar-refractivity contribution in [2.45, 2.75) is 54.4 Å². The molecule has 1 heteroatoms. The van der Waals surface area contributed by atoms with E-state index in [0.29, 0.717) is 0 Å². The number of rotatable bonds is 5. The Morgan fingerprint density at radius 1 is 0.517 bits per heavy atom. The van der Waals surface area contributed by atoms with Gasteiger partial charge in [-0.25, -0.2) is 0 Å². The van der Waals surface area contributed by atoms with E-state index in [-0.39, 0.29) is 10.8 Å². The molecule has 0 unspecified atom stereocenters. The molecule has 0 heterocycles. The first kappa shape index (κ1) is 21.8. The van der Waals surface area contributed by atoms with E-state index >= 15 is 0 Å². The van der Waals surface area contributed by atoms with Crippen molar-refractivity contribution in [1.29, 1.82) is 0 Å². The summed E-state index contributed by atoms with van der Waals surface area (Å²) >= 11 is 0. The molecule has 0 aliphatic heterocycles. The van der Waals surface area contributed by atoms with Crippen molar-refractivity contribution in [2.75, 3.05) is 0 Å². The van der Waals surface area contributed by atoms with Crippen molar-refractivity contribution >= 4 is 23.8 Å². The Bertz CT molecular complexity index is 838. The minimum Gasteiger partial charge on any atom is -0.0622 e. The number of hydrogen-bond acceptors (Lipinski definition) is 0. The molecule has 0 bridgehead atoms. The predicted molar refractivity (Wildman–Crippen MR) is 131 cm³/mol. The molecular formula is C28H35P. The van der Waals surface area contributed by atoms with Gasteiger partial charge < -0.3 is 0 Å². The van der Waals surface area contributed by atoms with E-state index in [1.165, 1.54) is 21.7 Å². The molecule has 0 saturated heterocycles. The number of hydrogen-bond donors (Lipinski definition) is 0. The van der Waals surface area contributed by atoms with E-state index in [2.05, 4.69) is 120 Å². The summed E-state index contributed by atoms with van der Waals surface area (Å²) < 4.78 is 0. The molecule has 0 radical (unpaired) electrons. The second-order valence-corrected chi connectivity index (χ2v) is 12.6. The second-order valence-electron chi connectivity index (χ2n) is 10.4. The molecule has 3 rings (SSSR count). The van der Waals surface area contributed by atoms with Crippen LogP contribution in [0.25, 0.3) is 0 Å². The molecule has 0 saturated carbocycles. The third kappa shape index (κ3) is 6.03. The van der Waals surface area contributed by atoms with Gasteiger partial charge in [-0.05, 0) is 58.6 Å². The van der Waals surface area contributed by atoms with Crippen molar-refractivity contribution in [2.24, 2.45) is 10.8 Å². The fourth-order valence-electron chi connectivity index (χ4n) is 3.92. The van der Waals surface area contributed by atoms with Crippen molar-refractivity contribution in [3.63, 3.8) is 0 Å². The fraction of sp³-hybridized carbons (Fsp3) is 0.357. The number of benzene rings is 3. The van der Waals surface area contributed by atoms with Crippen LogP contribution >= 0.6 is 7.92 Å². The molecule has 0 aromatic heterocycles. The van der Waals surface area contributed by atoms with E-state index in [0.717, 1.165) is 12.8 Å². The SMILES string of the molecule is CC(C)(C)Cc1cccc(CC(C)(C)C)c1P(c1ccccc1)c1ccccc1. The fourth-order valence-corrected chi connectivity index (χ4v) is 6.56. The van der Waals surface area contributed by atoms with Gasteiger partial charge in [0.1, 0.15) is 0 Å². The van der Waals surface area contributed by atoms with E-state index in [9.17, 15) is 0 Å². The molecule has 0 fully saturated rings. The normalized spacial score (nSPS) is 12.4. The van der Waals surface area contributed by atoms with Crippen LogP contribution in [-0.4, -0.2) is 0 Å². The third-order valence-electron chi connectivity index (χ3n) is 4.90. The van der Waals surface area contributed by atoms with Gasteiger partial charge in [0, 0.05) is 0 Å². The van der Waals surface area contributed by atoms with Crippen LogP contribution in [0.4, 0.5) is 0 Å². The molecule has 29 heavy (non-hydrogen) atoms. The van der Waals surface area contributed by atoms with Gasteiger partial charge in [-0.3, -0.25) is 0 Å². The Hall–Kier alpha value is -1.91. The van der Waals surface area contributed by atoms with Crippen LogP contribution in [0.3, 0.4) is 0 Å². The van der Waals surface area contributed by atoms with Gasteiger partial charge >= 0.3 is 0 Å². The van der Waals surface area contributed by atoms with Crippen LogP contribution in [0, 0.1) is 10.8 Å². The van der Waals surface area contributed by atoms with Crippen LogP contribution < -0.4 is 15.9 Å². The van der Waals surface area contributed by atoms with Crippen LogP contribution in [0.5, 0.6) is 0 Å². The topological polar surface area (TPSA) is 0 Å². The summed E-state index contributed by atoms with van der Waals surface area (Å²) in [6.07, 6.45) is 2.19. The molecule has 0 aliphatic carbocycles. The summed E-state index contributed by atoms with van der Waals surface area (Å²) in [7, 11) is -0.594. The van der Waals surface area contributed by atoms with Crippen molar-refractivity contribution < 1.29 is 0 Å². The molecule has 0 amide bonds. The molecular weight excluding hydrogens is 367 g/mol. The van der Waals surface area contributed by atoms with Gasteiger partial charge in [0.25, 0.3) is 0 Å². The van der Waals surface area contributed by atoms with Crippen LogP contribution in [0.2, 0.25) is 0 Å². The van der Waals surface area contributed by atoms with Gasteiger partial charge in [-0.15, -0.1) is 0 Å². The van der Waals surface area contributed by atoms with Gasteiger partial charge in [-0.2, -0.15) is 0 Å². The molecule has 0 spiro atoms. The van der Waals surface area contributed by atoms with Crippen molar-refractivity contribution in [3.05, 3.63) is 90.0 Å². The highest BCUT2D eigenvalue weighted by Gasteiger charge is 2.26. The van der Waals surface area contributed by atoms with E-state index in [4.69, 9.17) is 0 Å². The monoisotopic (exact) mass is 402 g/mol. The summed E-state index contributed by atoms with van der Waals surface area (Å²) in [5.74, 6) is 0. The smallest absolute Gasteiger partial charge is 0.00866 e. The minimum atomic E-state index is -0.594. The first-order valence-corrected chi connectivity index (χ1v) is 12.0. The minimum absolute atomic E-state index is 0.253. The zero-order chi connectivity index (χ0) is 21.1. The summed E-state index contributed by atoms with van der Waals surface area (Å²) in [6, 6.07) is 29.2. The van der Waals surface area contributed by atoms with Gasteiger partial charge in [0.2, 0.25) is 0 Å². The predicted octanol–water partition coefficient (Wildman–Crippen LogP) is 6.62. The van der Waals surface area contributed by atoms with Crippen LogP contribution in [0.1, 0.15) is 52.7 Å². The second kappa shape index (κ2) is 8.85. The van der Waals surface area contributed by atoms with Gasteiger partial charge in [0.15, 0.2) is 0 Å². The highest BCUT2D eigenvalue weighted by Crippen LogP contribution is 2.38. The van der Waals surface area contributed by atoms with E-state index < -0.39 is 7.92 Å². The highest BCUT2D eigenvalue weighted by molar-refractivity contribution is 7.80. The maximum absolute atomic E-state index is 2.37. The maximum atomic E-state index is 2.37. The summed E-state index contributed by atoms with van der Waals surface area (Å²) in [5, 5.41) is 4.44. The Balaban J connectivity index is 2.27. The average molecular weight is 403 g/mol. The molecule has 0 nitrogen and oxygen atoms in total. The van der Waals surface area contributed by atoms with Crippen LogP contribution in [0.15, 0.2) is 78.9 Å². The molecule has 3 aromatic carbocycles. The van der Waals surface area contributed by atoms with Crippen molar-refractivity contribution in [1.82, 2.24) is 0 Å². The lowest BCUT2D eigenvalue weighted by molar-refractivity contribution is 0.407. The lowest BCUT2D eigenvalue weighted by atomic mass is 9.84. The van der Waals surface area contributed by atoms with E-state index in [1.54, 1.807) is 5.30 Å². The molecule has 0 atom stereocenters. The Kier molecular flexibility index (Phi) is 6.65. The first-order valence-electron chi connectivity index (χ1n) is 10.7. The summed E-state index contributed by atoms with van der Waals surface area (Å²) in [5.41, 5.74) is 3.53. The standard InChI is InChI=1S/C28H35P/c1-27(2,3)20-22-14-13-15-23(21-28(4,5)6)26(22)29(24-16-9-7-10-17-24)25-18-11-8-12-19-25/h7-19H,20-21H2,1-6H3. The largest absolute Gasteiger partial charge is 0.0622 e. The van der Waals surface area contributed by atoms with Crippen molar-refractivity contribution in [3.8, 4) is 0 Å². The lowest BCUT2D eigenvalue weighted by Crippen LogP contribution is -2.29. The highest BCUT2D eigenvalue weighted by atomic mass is 31.1. The molecule has 152 valence electrons. The Morgan fingerprint density at radius 2 is 0.897 bits per heavy atom. The molecule has 3 aromatic rings. The maximum Gasteiger partial charge on any atom is -0.00866 e. The zero-order valence-electron chi connectivity index (χ0n) is 18.9. The average Bonchev–Trinajstić information content (AvgIpc) is 2.63. The van der Waals surface area contributed by atoms with E-state index in [1.807, 2.05) is 0 Å².